The first-order valence-electron chi connectivity index (χ1n) is 5.09. The lowest BCUT2D eigenvalue weighted by molar-refractivity contribution is 0.100. The predicted molar refractivity (Wildman–Crippen MR) is 60.2 cm³/mol. The summed E-state index contributed by atoms with van der Waals surface area (Å²) < 4.78 is 0. The molecule has 0 aliphatic rings. The van der Waals surface area contributed by atoms with Crippen LogP contribution in [0.25, 0.3) is 11.0 Å². The fourth-order valence-electron chi connectivity index (χ4n) is 1.69. The molecule has 1 aromatic heterocycles. The molecule has 0 fully saturated rings. The van der Waals surface area contributed by atoms with E-state index in [4.69, 9.17) is 0 Å². The van der Waals surface area contributed by atoms with Crippen LogP contribution in [-0.4, -0.2) is 15.8 Å². The van der Waals surface area contributed by atoms with Crippen molar-refractivity contribution in [1.29, 1.82) is 0 Å². The number of nitrogens with zero attached hydrogens (tertiary/aromatic N) is 1. The van der Waals surface area contributed by atoms with Crippen LogP contribution in [-0.2, 0) is 0 Å². The number of benzene rings is 1. The molecule has 0 unspecified atom stereocenters. The molecule has 15 heavy (non-hydrogen) atoms. The number of imidazole rings is 1. The molecule has 0 atom stereocenters. The predicted octanol–water partition coefficient (Wildman–Crippen LogP) is 2.89. The first-order valence-corrected chi connectivity index (χ1v) is 5.09. The Morgan fingerprint density at radius 3 is 2.73 bits per heavy atom. The summed E-state index contributed by atoms with van der Waals surface area (Å²) in [5, 5.41) is 0. The highest BCUT2D eigenvalue weighted by Gasteiger charge is 2.11. The number of fused-ring (bicyclic) bond motifs is 1. The van der Waals surface area contributed by atoms with Gasteiger partial charge in [-0.15, -0.1) is 0 Å². The molecule has 0 saturated carbocycles. The standard InChI is InChI=1S/C12H14N2O/c1-7(2)9-5-4-6-10-11(9)14-12(13-10)8(3)15/h4-7H,1-3H3,(H,13,14). The monoisotopic (exact) mass is 202 g/mol. The summed E-state index contributed by atoms with van der Waals surface area (Å²) in [4.78, 5) is 18.6. The number of ketones is 1. The number of hydrogen-bond acceptors (Lipinski definition) is 2. The van der Waals surface area contributed by atoms with Crippen LogP contribution in [0.15, 0.2) is 18.2 Å². The molecule has 0 spiro atoms. The molecule has 0 radical (unpaired) electrons. The summed E-state index contributed by atoms with van der Waals surface area (Å²) in [5.41, 5.74) is 3.03. The van der Waals surface area contributed by atoms with E-state index < -0.39 is 0 Å². The lowest BCUT2D eigenvalue weighted by atomic mass is 10.0. The first-order chi connectivity index (χ1) is 7.09. The Morgan fingerprint density at radius 2 is 2.13 bits per heavy atom. The molecule has 2 aromatic rings. The SMILES string of the molecule is CC(=O)c1nc2c(C(C)C)cccc2[nH]1. The Bertz CT molecular complexity index is 511. The molecule has 0 saturated heterocycles. The third-order valence-corrected chi connectivity index (χ3v) is 2.50. The van der Waals surface area contributed by atoms with Gasteiger partial charge in [0.05, 0.1) is 11.0 Å². The number of aromatic amines is 1. The Hall–Kier alpha value is -1.64. The number of para-hydroxylation sites is 1. The quantitative estimate of drug-likeness (QED) is 0.761. The number of H-pyrrole nitrogens is 1. The maximum Gasteiger partial charge on any atom is 0.195 e. The second-order valence-corrected chi connectivity index (χ2v) is 4.04. The van der Waals surface area contributed by atoms with Gasteiger partial charge in [-0.25, -0.2) is 4.98 Å². The topological polar surface area (TPSA) is 45.8 Å². The number of nitrogens with one attached hydrogen (secondary N) is 1. The number of carbonyl (C=O) groups excluding carboxylic acids is 1. The summed E-state index contributed by atoms with van der Waals surface area (Å²) in [6, 6.07) is 5.98. The van der Waals surface area contributed by atoms with Crippen LogP contribution in [0.4, 0.5) is 0 Å². The fraction of sp³-hybridized carbons (Fsp3) is 0.333. The lowest BCUT2D eigenvalue weighted by Gasteiger charge is -2.04. The Kier molecular flexibility index (Phi) is 2.31. The van der Waals surface area contributed by atoms with Crippen molar-refractivity contribution in [1.82, 2.24) is 9.97 Å². The zero-order valence-corrected chi connectivity index (χ0v) is 9.16. The van der Waals surface area contributed by atoms with E-state index in [1.54, 1.807) is 0 Å². The molecule has 0 amide bonds. The van der Waals surface area contributed by atoms with E-state index in [9.17, 15) is 4.79 Å². The van der Waals surface area contributed by atoms with Crippen molar-refractivity contribution in [3.05, 3.63) is 29.6 Å². The number of aromatic nitrogens is 2. The Labute approximate surface area is 88.5 Å². The minimum Gasteiger partial charge on any atom is -0.335 e. The number of carbonyl (C=O) groups is 1. The number of hydrogen-bond donors (Lipinski definition) is 1. The van der Waals surface area contributed by atoms with Crippen molar-refractivity contribution < 1.29 is 4.79 Å². The zero-order valence-electron chi connectivity index (χ0n) is 9.16. The summed E-state index contributed by atoms with van der Waals surface area (Å²) in [7, 11) is 0. The van der Waals surface area contributed by atoms with Gasteiger partial charge in [0.25, 0.3) is 0 Å². The number of Topliss-reactive ketones (excluding diaryl/α,β-unsaturated/α-hetero) is 1. The van der Waals surface area contributed by atoms with Crippen molar-refractivity contribution in [2.45, 2.75) is 26.7 Å². The third kappa shape index (κ3) is 1.65. The first kappa shape index (κ1) is 9.90. The normalized spacial score (nSPS) is 11.2. The maximum atomic E-state index is 11.2. The molecule has 0 aliphatic carbocycles. The van der Waals surface area contributed by atoms with Gasteiger partial charge in [-0.2, -0.15) is 0 Å². The highest BCUT2D eigenvalue weighted by atomic mass is 16.1. The zero-order chi connectivity index (χ0) is 11.0. The summed E-state index contributed by atoms with van der Waals surface area (Å²) in [6.45, 7) is 5.76. The van der Waals surface area contributed by atoms with Crippen LogP contribution in [0.1, 0.15) is 42.9 Å². The molecule has 0 aliphatic heterocycles. The van der Waals surface area contributed by atoms with E-state index in [1.165, 1.54) is 12.5 Å². The van der Waals surface area contributed by atoms with E-state index in [-0.39, 0.29) is 5.78 Å². The van der Waals surface area contributed by atoms with Gasteiger partial charge in [0.15, 0.2) is 11.6 Å². The molecule has 1 heterocycles. The Morgan fingerprint density at radius 1 is 1.40 bits per heavy atom. The molecular weight excluding hydrogens is 188 g/mol. The molecule has 78 valence electrons. The van der Waals surface area contributed by atoms with Gasteiger partial charge in [-0.3, -0.25) is 4.79 Å². The highest BCUT2D eigenvalue weighted by Crippen LogP contribution is 2.23. The molecule has 1 N–H and O–H groups in total. The van der Waals surface area contributed by atoms with Crippen LogP contribution in [0.3, 0.4) is 0 Å². The minimum absolute atomic E-state index is 0.0269. The average Bonchev–Trinajstić information content (AvgIpc) is 2.60. The van der Waals surface area contributed by atoms with Crippen molar-refractivity contribution in [2.75, 3.05) is 0 Å². The van der Waals surface area contributed by atoms with Crippen molar-refractivity contribution in [3.8, 4) is 0 Å². The lowest BCUT2D eigenvalue weighted by Crippen LogP contribution is -1.94. The van der Waals surface area contributed by atoms with Crippen LogP contribution in [0.2, 0.25) is 0 Å². The molecule has 1 aromatic carbocycles. The molecular formula is C12H14N2O. The van der Waals surface area contributed by atoms with Gasteiger partial charge >= 0.3 is 0 Å². The van der Waals surface area contributed by atoms with Gasteiger partial charge in [0.1, 0.15) is 0 Å². The fourth-order valence-corrected chi connectivity index (χ4v) is 1.69. The minimum atomic E-state index is -0.0269. The molecule has 3 heteroatoms. The van der Waals surface area contributed by atoms with E-state index in [0.29, 0.717) is 11.7 Å². The van der Waals surface area contributed by atoms with Gasteiger partial charge in [-0.05, 0) is 17.5 Å². The summed E-state index contributed by atoms with van der Waals surface area (Å²) >= 11 is 0. The van der Waals surface area contributed by atoms with Crippen LogP contribution in [0.5, 0.6) is 0 Å². The molecule has 3 nitrogen and oxygen atoms in total. The van der Waals surface area contributed by atoms with E-state index in [2.05, 4.69) is 29.9 Å². The summed E-state index contributed by atoms with van der Waals surface area (Å²) in [5.74, 6) is 0.829. The average molecular weight is 202 g/mol. The van der Waals surface area contributed by atoms with Crippen molar-refractivity contribution >= 4 is 16.8 Å². The highest BCUT2D eigenvalue weighted by molar-refractivity contribution is 5.94. The van der Waals surface area contributed by atoms with Crippen molar-refractivity contribution in [3.63, 3.8) is 0 Å². The molecule has 0 bridgehead atoms. The van der Waals surface area contributed by atoms with E-state index in [0.717, 1.165) is 11.0 Å². The van der Waals surface area contributed by atoms with Gasteiger partial charge in [-0.1, -0.05) is 26.0 Å². The maximum absolute atomic E-state index is 11.2. The van der Waals surface area contributed by atoms with Gasteiger partial charge < -0.3 is 4.98 Å². The van der Waals surface area contributed by atoms with Gasteiger partial charge in [0, 0.05) is 6.92 Å². The smallest absolute Gasteiger partial charge is 0.195 e. The van der Waals surface area contributed by atoms with Crippen molar-refractivity contribution in [2.24, 2.45) is 0 Å². The van der Waals surface area contributed by atoms with Crippen LogP contribution in [0, 0.1) is 0 Å². The largest absolute Gasteiger partial charge is 0.335 e. The number of rotatable bonds is 2. The van der Waals surface area contributed by atoms with E-state index >= 15 is 0 Å². The van der Waals surface area contributed by atoms with Gasteiger partial charge in [0.2, 0.25) is 0 Å². The summed E-state index contributed by atoms with van der Waals surface area (Å²) in [6.07, 6.45) is 0. The molecule has 2 rings (SSSR count). The third-order valence-electron chi connectivity index (χ3n) is 2.50. The second-order valence-electron chi connectivity index (χ2n) is 4.04. The second kappa shape index (κ2) is 3.50. The van der Waals surface area contributed by atoms with Crippen LogP contribution < -0.4 is 0 Å². The Balaban J connectivity index is 2.69. The van der Waals surface area contributed by atoms with Crippen LogP contribution >= 0.6 is 0 Å². The van der Waals surface area contributed by atoms with E-state index in [1.807, 2.05) is 12.1 Å².